The molecule has 8 nitrogen and oxygen atoms in total. The fourth-order valence-electron chi connectivity index (χ4n) is 3.57. The number of aliphatic imine (C=N–C) groups is 1. The van der Waals surface area contributed by atoms with Crippen molar-refractivity contribution in [2.45, 2.75) is 46.1 Å². The van der Waals surface area contributed by atoms with E-state index in [1.54, 1.807) is 37.8 Å². The van der Waals surface area contributed by atoms with Crippen LogP contribution in [0.25, 0.3) is 11.1 Å². The Morgan fingerprint density at radius 2 is 1.94 bits per heavy atom. The van der Waals surface area contributed by atoms with E-state index in [4.69, 9.17) is 9.26 Å². The molecule has 1 heterocycles. The summed E-state index contributed by atoms with van der Waals surface area (Å²) in [7, 11) is 0. The second-order valence-electron chi connectivity index (χ2n) is 9.28. The number of carbonyl (C=O) groups excluding carboxylic acids is 1. The predicted molar refractivity (Wildman–Crippen MR) is 137 cm³/mol. The fraction of sp³-hybridized carbons (Fsp3) is 0.370. The highest BCUT2D eigenvalue weighted by atomic mass is 19.1. The first-order valence-electron chi connectivity index (χ1n) is 11.9. The second kappa shape index (κ2) is 11.8. The van der Waals surface area contributed by atoms with Crippen LogP contribution >= 0.6 is 0 Å². The highest BCUT2D eigenvalue weighted by molar-refractivity contribution is 5.95. The fourth-order valence-corrected chi connectivity index (χ4v) is 3.57. The summed E-state index contributed by atoms with van der Waals surface area (Å²) in [6.07, 6.45) is -0.681. The quantitative estimate of drug-likeness (QED) is 0.333. The zero-order valence-electron chi connectivity index (χ0n) is 21.3. The second-order valence-corrected chi connectivity index (χ2v) is 9.28. The maximum absolute atomic E-state index is 14.9. The number of alkyl carbamates (subject to hydrolysis) is 1. The average molecular weight is 497 g/mol. The normalized spacial score (nSPS) is 12.8. The van der Waals surface area contributed by atoms with E-state index < -0.39 is 11.7 Å². The maximum atomic E-state index is 14.9. The number of aromatic nitrogens is 1. The number of likely N-dealkylation sites (N-methyl/N-ethyl adjacent to an activating group) is 1. The van der Waals surface area contributed by atoms with Gasteiger partial charge in [0.15, 0.2) is 0 Å². The molecular formula is C27H33FN4O4. The Morgan fingerprint density at radius 1 is 1.22 bits per heavy atom. The average Bonchev–Trinajstić information content (AvgIpc) is 3.29. The van der Waals surface area contributed by atoms with Crippen LogP contribution in [-0.4, -0.2) is 52.5 Å². The van der Waals surface area contributed by atoms with Crippen molar-refractivity contribution in [1.82, 2.24) is 15.4 Å². The summed E-state index contributed by atoms with van der Waals surface area (Å²) in [5, 5.41) is 16.1. The summed E-state index contributed by atoms with van der Waals surface area (Å²) in [4.78, 5) is 18.4. The first kappa shape index (κ1) is 26.9. The van der Waals surface area contributed by atoms with Gasteiger partial charge < -0.3 is 19.3 Å². The van der Waals surface area contributed by atoms with E-state index in [-0.39, 0.29) is 36.7 Å². The standard InChI is InChI=1S/C27H33FN4O4/c1-6-32(14-15-33)25(30-26(34)35-27(3,4)5)29-24-17-23(31-36-24)18(2)20-12-13-21(22(28)16-20)19-10-8-7-9-11-19/h7-13,16-18,33H,6,14-15H2,1-5H3,(H,29,30,34). The first-order chi connectivity index (χ1) is 17.1. The lowest BCUT2D eigenvalue weighted by Gasteiger charge is -2.25. The Morgan fingerprint density at radius 3 is 2.56 bits per heavy atom. The molecule has 0 fully saturated rings. The van der Waals surface area contributed by atoms with Crippen LogP contribution in [0.2, 0.25) is 0 Å². The molecule has 0 aliphatic rings. The molecule has 0 bridgehead atoms. The van der Waals surface area contributed by atoms with Gasteiger partial charge in [0.1, 0.15) is 11.4 Å². The van der Waals surface area contributed by atoms with E-state index in [0.717, 1.165) is 11.1 Å². The van der Waals surface area contributed by atoms with Gasteiger partial charge in [0.05, 0.1) is 12.3 Å². The molecule has 3 aromatic rings. The molecule has 36 heavy (non-hydrogen) atoms. The molecule has 3 rings (SSSR count). The number of aliphatic hydroxyl groups is 1. The van der Waals surface area contributed by atoms with Gasteiger partial charge in [0.25, 0.3) is 5.88 Å². The molecule has 1 amide bonds. The van der Waals surface area contributed by atoms with Gasteiger partial charge in [-0.25, -0.2) is 9.18 Å². The molecule has 0 spiro atoms. The number of hydrogen-bond donors (Lipinski definition) is 2. The zero-order valence-corrected chi connectivity index (χ0v) is 21.3. The summed E-state index contributed by atoms with van der Waals surface area (Å²) >= 11 is 0. The van der Waals surface area contributed by atoms with E-state index in [0.29, 0.717) is 17.8 Å². The van der Waals surface area contributed by atoms with Gasteiger partial charge in [0.2, 0.25) is 5.96 Å². The molecule has 1 aromatic heterocycles. The van der Waals surface area contributed by atoms with Gasteiger partial charge in [-0.2, -0.15) is 4.99 Å². The van der Waals surface area contributed by atoms with Crippen molar-refractivity contribution in [1.29, 1.82) is 0 Å². The largest absolute Gasteiger partial charge is 0.444 e. The summed E-state index contributed by atoms with van der Waals surface area (Å²) in [6.45, 7) is 9.62. The third-order valence-corrected chi connectivity index (χ3v) is 5.42. The Labute approximate surface area is 210 Å². The van der Waals surface area contributed by atoms with Gasteiger partial charge >= 0.3 is 6.09 Å². The number of aliphatic hydroxyl groups excluding tert-OH is 1. The molecule has 1 atom stereocenters. The molecule has 9 heteroatoms. The van der Waals surface area contributed by atoms with Crippen molar-refractivity contribution in [3.63, 3.8) is 0 Å². The molecule has 0 aliphatic carbocycles. The summed E-state index contributed by atoms with van der Waals surface area (Å²) < 4.78 is 25.6. The number of halogens is 1. The number of nitrogens with one attached hydrogen (secondary N) is 1. The van der Waals surface area contributed by atoms with Gasteiger partial charge in [0, 0.05) is 30.6 Å². The third-order valence-electron chi connectivity index (χ3n) is 5.42. The van der Waals surface area contributed by atoms with E-state index in [1.807, 2.05) is 50.2 Å². The van der Waals surface area contributed by atoms with Gasteiger partial charge in [-0.1, -0.05) is 54.5 Å². The first-order valence-corrected chi connectivity index (χ1v) is 11.9. The van der Waals surface area contributed by atoms with E-state index in [1.165, 1.54) is 6.07 Å². The number of benzene rings is 2. The number of guanidine groups is 1. The van der Waals surface area contributed by atoms with E-state index in [9.17, 15) is 14.3 Å². The van der Waals surface area contributed by atoms with Crippen molar-refractivity contribution in [2.24, 2.45) is 4.99 Å². The molecule has 0 radical (unpaired) electrons. The van der Waals surface area contributed by atoms with Crippen LogP contribution in [0.4, 0.5) is 15.1 Å². The molecule has 1 unspecified atom stereocenters. The molecule has 0 aliphatic heterocycles. The van der Waals surface area contributed by atoms with Crippen LogP contribution in [-0.2, 0) is 4.74 Å². The van der Waals surface area contributed by atoms with Crippen LogP contribution in [0.5, 0.6) is 0 Å². The lowest BCUT2D eigenvalue weighted by atomic mass is 9.95. The summed E-state index contributed by atoms with van der Waals surface area (Å²) in [6, 6.07) is 16.1. The van der Waals surface area contributed by atoms with Gasteiger partial charge in [-0.05, 0) is 44.9 Å². The van der Waals surface area contributed by atoms with E-state index in [2.05, 4.69) is 15.5 Å². The highest BCUT2D eigenvalue weighted by Gasteiger charge is 2.21. The molecule has 2 aromatic carbocycles. The van der Waals surface area contributed by atoms with Crippen molar-refractivity contribution >= 4 is 17.9 Å². The van der Waals surface area contributed by atoms with Crippen molar-refractivity contribution < 1.29 is 23.6 Å². The summed E-state index contributed by atoms with van der Waals surface area (Å²) in [5.74, 6) is -0.271. The van der Waals surface area contributed by atoms with Crippen molar-refractivity contribution in [3.05, 3.63) is 71.7 Å². The van der Waals surface area contributed by atoms with Crippen molar-refractivity contribution in [2.75, 3.05) is 19.7 Å². The topological polar surface area (TPSA) is 100 Å². The van der Waals surface area contributed by atoms with E-state index >= 15 is 0 Å². The minimum atomic E-state index is -0.691. The minimum absolute atomic E-state index is 0.133. The molecular weight excluding hydrogens is 463 g/mol. The number of nitrogens with zero attached hydrogens (tertiary/aromatic N) is 3. The van der Waals surface area contributed by atoms with Crippen LogP contribution in [0.3, 0.4) is 0 Å². The molecule has 0 saturated carbocycles. The Balaban J connectivity index is 1.84. The van der Waals surface area contributed by atoms with Gasteiger partial charge in [-0.3, -0.25) is 5.32 Å². The lowest BCUT2D eigenvalue weighted by Crippen LogP contribution is -2.46. The number of amides is 1. The van der Waals surface area contributed by atoms with Crippen LogP contribution in [0.15, 0.2) is 64.1 Å². The summed E-state index contributed by atoms with van der Waals surface area (Å²) in [5.41, 5.74) is 1.93. The number of ether oxygens (including phenoxy) is 1. The van der Waals surface area contributed by atoms with Crippen LogP contribution in [0, 0.1) is 5.82 Å². The van der Waals surface area contributed by atoms with Gasteiger partial charge in [-0.15, -0.1) is 0 Å². The zero-order chi connectivity index (χ0) is 26.3. The Hall–Kier alpha value is -3.72. The predicted octanol–water partition coefficient (Wildman–Crippen LogP) is 5.46. The minimum Gasteiger partial charge on any atom is -0.444 e. The Bertz CT molecular complexity index is 1190. The monoisotopic (exact) mass is 496 g/mol. The highest BCUT2D eigenvalue weighted by Crippen LogP contribution is 2.30. The number of hydrogen-bond acceptors (Lipinski definition) is 6. The molecule has 2 N–H and O–H groups in total. The molecule has 192 valence electrons. The maximum Gasteiger partial charge on any atom is 0.414 e. The smallest absolute Gasteiger partial charge is 0.414 e. The Kier molecular flexibility index (Phi) is 8.82. The van der Waals surface area contributed by atoms with Crippen LogP contribution < -0.4 is 5.32 Å². The number of rotatable bonds is 7. The SMILES string of the molecule is CCN(CCO)C(=Nc1cc(C(C)c2ccc(-c3ccccc3)c(F)c2)no1)NC(=O)OC(C)(C)C. The van der Waals surface area contributed by atoms with Crippen LogP contribution in [0.1, 0.15) is 51.8 Å². The molecule has 0 saturated heterocycles. The third kappa shape index (κ3) is 7.14. The number of carbonyl (C=O) groups is 1. The van der Waals surface area contributed by atoms with Crippen molar-refractivity contribution in [3.8, 4) is 11.1 Å². The lowest BCUT2D eigenvalue weighted by molar-refractivity contribution is 0.0555.